The summed E-state index contributed by atoms with van der Waals surface area (Å²) in [5.41, 5.74) is 1.82. The molecule has 0 bridgehead atoms. The maximum atomic E-state index is 12.4. The Bertz CT molecular complexity index is 544. The van der Waals surface area contributed by atoms with E-state index in [9.17, 15) is 14.7 Å². The zero-order valence-electron chi connectivity index (χ0n) is 12.1. The van der Waals surface area contributed by atoms with Gasteiger partial charge in [-0.1, -0.05) is 35.7 Å². The van der Waals surface area contributed by atoms with Gasteiger partial charge in [0, 0.05) is 10.2 Å². The van der Waals surface area contributed by atoms with Crippen molar-refractivity contribution in [1.29, 1.82) is 0 Å². The highest BCUT2D eigenvalue weighted by atomic mass is 79.9. The van der Waals surface area contributed by atoms with Crippen LogP contribution in [0.5, 0.6) is 0 Å². The van der Waals surface area contributed by atoms with Gasteiger partial charge >= 0.3 is 5.97 Å². The molecule has 2 atom stereocenters. The molecule has 0 radical (unpaired) electrons. The van der Waals surface area contributed by atoms with E-state index in [2.05, 4.69) is 21.2 Å². The molecular formula is C16H20BrNO3. The highest BCUT2D eigenvalue weighted by Crippen LogP contribution is 2.32. The van der Waals surface area contributed by atoms with Gasteiger partial charge in [0.05, 0.1) is 11.8 Å². The van der Waals surface area contributed by atoms with Gasteiger partial charge in [-0.25, -0.2) is 0 Å². The lowest BCUT2D eigenvalue weighted by molar-refractivity contribution is -0.147. The van der Waals surface area contributed by atoms with Crippen molar-refractivity contribution < 1.29 is 14.7 Å². The molecule has 0 aromatic heterocycles. The number of amides is 1. The lowest BCUT2D eigenvalue weighted by Crippen LogP contribution is -2.36. The summed E-state index contributed by atoms with van der Waals surface area (Å²) in [7, 11) is 0. The maximum absolute atomic E-state index is 12.4. The van der Waals surface area contributed by atoms with Crippen molar-refractivity contribution >= 4 is 33.5 Å². The number of hydrogen-bond acceptors (Lipinski definition) is 2. The van der Waals surface area contributed by atoms with Crippen LogP contribution in [0.4, 0.5) is 5.69 Å². The van der Waals surface area contributed by atoms with Gasteiger partial charge in [-0.3, -0.25) is 9.59 Å². The number of carbonyl (C=O) groups is 2. The molecule has 21 heavy (non-hydrogen) atoms. The van der Waals surface area contributed by atoms with E-state index in [4.69, 9.17) is 0 Å². The Balaban J connectivity index is 2.15. The summed E-state index contributed by atoms with van der Waals surface area (Å²) in [5, 5.41) is 12.2. The van der Waals surface area contributed by atoms with Crippen molar-refractivity contribution in [1.82, 2.24) is 0 Å². The van der Waals surface area contributed by atoms with Crippen LogP contribution in [0.3, 0.4) is 0 Å². The first-order valence-corrected chi connectivity index (χ1v) is 8.14. The molecule has 0 aliphatic heterocycles. The van der Waals surface area contributed by atoms with Crippen molar-refractivity contribution in [3.05, 3.63) is 28.2 Å². The topological polar surface area (TPSA) is 66.4 Å². The van der Waals surface area contributed by atoms with E-state index in [0.717, 1.165) is 35.0 Å². The molecule has 1 saturated carbocycles. The first-order valence-electron chi connectivity index (χ1n) is 7.35. The number of carboxylic acids is 1. The highest BCUT2D eigenvalue weighted by molar-refractivity contribution is 9.10. The minimum absolute atomic E-state index is 0.167. The predicted octanol–water partition coefficient (Wildman–Crippen LogP) is 3.84. The molecule has 1 aromatic carbocycles. The minimum Gasteiger partial charge on any atom is -0.481 e. The molecule has 1 aromatic rings. The SMILES string of the molecule is CCc1cc(Br)ccc1NC(=O)[C@@H]1CCCC[C@@H]1C(=O)O. The second kappa shape index (κ2) is 7.07. The van der Waals surface area contributed by atoms with Gasteiger partial charge in [0.2, 0.25) is 5.91 Å². The van der Waals surface area contributed by atoms with Crippen LogP contribution in [-0.4, -0.2) is 17.0 Å². The van der Waals surface area contributed by atoms with E-state index in [1.54, 1.807) is 0 Å². The van der Waals surface area contributed by atoms with Crippen LogP contribution in [0, 0.1) is 11.8 Å². The molecule has 1 amide bonds. The highest BCUT2D eigenvalue weighted by Gasteiger charge is 2.35. The van der Waals surface area contributed by atoms with Crippen LogP contribution in [0.15, 0.2) is 22.7 Å². The average molecular weight is 354 g/mol. The molecule has 1 fully saturated rings. The predicted molar refractivity (Wildman–Crippen MR) is 85.2 cm³/mol. The number of carboxylic acid groups (broad SMARTS) is 1. The number of nitrogens with one attached hydrogen (secondary N) is 1. The van der Waals surface area contributed by atoms with Gasteiger partial charge < -0.3 is 10.4 Å². The second-order valence-electron chi connectivity index (χ2n) is 5.48. The van der Waals surface area contributed by atoms with Gasteiger partial charge in [-0.2, -0.15) is 0 Å². The summed E-state index contributed by atoms with van der Waals surface area (Å²) in [5.74, 6) is -2.01. The molecule has 0 heterocycles. The van der Waals surface area contributed by atoms with Gasteiger partial charge in [-0.05, 0) is 43.0 Å². The van der Waals surface area contributed by atoms with Crippen LogP contribution in [-0.2, 0) is 16.0 Å². The maximum Gasteiger partial charge on any atom is 0.307 e. The molecule has 0 saturated heterocycles. The fraction of sp³-hybridized carbons (Fsp3) is 0.500. The smallest absolute Gasteiger partial charge is 0.307 e. The summed E-state index contributed by atoms with van der Waals surface area (Å²) in [6.07, 6.45) is 3.86. The third-order valence-electron chi connectivity index (χ3n) is 4.13. The summed E-state index contributed by atoms with van der Waals surface area (Å²) in [6.45, 7) is 2.03. The van der Waals surface area contributed by atoms with Gasteiger partial charge in [-0.15, -0.1) is 0 Å². The number of anilines is 1. The normalized spacial score (nSPS) is 21.8. The quantitative estimate of drug-likeness (QED) is 0.863. The Kier molecular flexibility index (Phi) is 5.39. The van der Waals surface area contributed by atoms with Crippen LogP contribution >= 0.6 is 15.9 Å². The third kappa shape index (κ3) is 3.84. The van der Waals surface area contributed by atoms with Crippen LogP contribution in [0.25, 0.3) is 0 Å². The first-order chi connectivity index (χ1) is 10.0. The van der Waals surface area contributed by atoms with Crippen LogP contribution in [0.1, 0.15) is 38.2 Å². The zero-order valence-corrected chi connectivity index (χ0v) is 13.6. The molecule has 2 rings (SSSR count). The fourth-order valence-electron chi connectivity index (χ4n) is 2.94. The monoisotopic (exact) mass is 353 g/mol. The largest absolute Gasteiger partial charge is 0.481 e. The molecule has 5 heteroatoms. The van der Waals surface area contributed by atoms with E-state index in [1.165, 1.54) is 0 Å². The van der Waals surface area contributed by atoms with E-state index in [-0.39, 0.29) is 5.91 Å². The van der Waals surface area contributed by atoms with Gasteiger partial charge in [0.1, 0.15) is 0 Å². The van der Waals surface area contributed by atoms with Crippen molar-refractivity contribution in [3.8, 4) is 0 Å². The number of hydrogen-bond donors (Lipinski definition) is 2. The summed E-state index contributed by atoms with van der Waals surface area (Å²) in [4.78, 5) is 23.8. The molecule has 0 unspecified atom stereocenters. The van der Waals surface area contributed by atoms with Crippen molar-refractivity contribution in [3.63, 3.8) is 0 Å². The Hall–Kier alpha value is -1.36. The number of benzene rings is 1. The molecule has 4 nitrogen and oxygen atoms in total. The molecule has 2 N–H and O–H groups in total. The summed E-state index contributed by atoms with van der Waals surface area (Å²) >= 11 is 3.42. The summed E-state index contributed by atoms with van der Waals surface area (Å²) in [6, 6.07) is 5.72. The third-order valence-corrected chi connectivity index (χ3v) is 4.62. The lowest BCUT2D eigenvalue weighted by Gasteiger charge is -2.27. The first kappa shape index (κ1) is 16.0. The minimum atomic E-state index is -0.860. The molecule has 1 aliphatic rings. The standard InChI is InChI=1S/C16H20BrNO3/c1-2-10-9-11(17)7-8-14(10)18-15(19)12-5-3-4-6-13(12)16(20)21/h7-9,12-13H,2-6H2,1H3,(H,18,19)(H,20,21)/t12-,13+/m1/s1. The van der Waals surface area contributed by atoms with E-state index >= 15 is 0 Å². The number of aryl methyl sites for hydroxylation is 1. The fourth-order valence-corrected chi connectivity index (χ4v) is 3.35. The molecule has 114 valence electrons. The summed E-state index contributed by atoms with van der Waals surface area (Å²) < 4.78 is 0.971. The van der Waals surface area contributed by atoms with Gasteiger partial charge in [0.15, 0.2) is 0 Å². The average Bonchev–Trinajstić information content (AvgIpc) is 2.48. The van der Waals surface area contributed by atoms with Crippen LogP contribution < -0.4 is 5.32 Å². The Labute approximate surface area is 133 Å². The Morgan fingerprint density at radius 1 is 1.29 bits per heavy atom. The number of carbonyl (C=O) groups excluding carboxylic acids is 1. The van der Waals surface area contributed by atoms with E-state index in [0.29, 0.717) is 12.8 Å². The Morgan fingerprint density at radius 3 is 2.57 bits per heavy atom. The van der Waals surface area contributed by atoms with E-state index < -0.39 is 17.8 Å². The zero-order chi connectivity index (χ0) is 15.4. The second-order valence-corrected chi connectivity index (χ2v) is 6.40. The lowest BCUT2D eigenvalue weighted by atomic mass is 9.78. The number of halogens is 1. The molecule has 0 spiro atoms. The number of aliphatic carboxylic acids is 1. The number of rotatable bonds is 4. The van der Waals surface area contributed by atoms with Crippen molar-refractivity contribution in [2.24, 2.45) is 11.8 Å². The van der Waals surface area contributed by atoms with Crippen molar-refractivity contribution in [2.45, 2.75) is 39.0 Å². The molecule has 1 aliphatic carbocycles. The van der Waals surface area contributed by atoms with Crippen LogP contribution in [0.2, 0.25) is 0 Å². The van der Waals surface area contributed by atoms with Gasteiger partial charge in [0.25, 0.3) is 0 Å². The Morgan fingerprint density at radius 2 is 1.95 bits per heavy atom. The molecular weight excluding hydrogens is 334 g/mol. The van der Waals surface area contributed by atoms with E-state index in [1.807, 2.05) is 25.1 Å². The van der Waals surface area contributed by atoms with Crippen molar-refractivity contribution in [2.75, 3.05) is 5.32 Å².